The molecule has 3 rings (SSSR count). The third-order valence-electron chi connectivity index (χ3n) is 3.64. The van der Waals surface area contributed by atoms with Crippen LogP contribution >= 0.6 is 0 Å². The SMILES string of the molecule is C=CCc1cc2c(cc1OC)C(=O)c1ccccc1CO2. The summed E-state index contributed by atoms with van der Waals surface area (Å²) in [6.07, 6.45) is 2.47. The molecule has 2 aromatic rings. The highest BCUT2D eigenvalue weighted by molar-refractivity contribution is 6.12. The van der Waals surface area contributed by atoms with E-state index in [2.05, 4.69) is 6.58 Å². The van der Waals surface area contributed by atoms with E-state index in [1.54, 1.807) is 19.3 Å². The molecule has 0 radical (unpaired) electrons. The van der Waals surface area contributed by atoms with Crippen LogP contribution in [0.25, 0.3) is 0 Å². The van der Waals surface area contributed by atoms with E-state index in [0.717, 1.165) is 11.1 Å². The fourth-order valence-electron chi connectivity index (χ4n) is 2.57. The molecule has 0 spiro atoms. The second kappa shape index (κ2) is 5.44. The molecular weight excluding hydrogens is 264 g/mol. The molecule has 0 bridgehead atoms. The van der Waals surface area contributed by atoms with Gasteiger partial charge in [-0.3, -0.25) is 4.79 Å². The average molecular weight is 280 g/mol. The first-order valence-corrected chi connectivity index (χ1v) is 6.81. The van der Waals surface area contributed by atoms with Gasteiger partial charge in [0.2, 0.25) is 0 Å². The summed E-state index contributed by atoms with van der Waals surface area (Å²) < 4.78 is 11.2. The Morgan fingerprint density at radius 3 is 2.86 bits per heavy atom. The summed E-state index contributed by atoms with van der Waals surface area (Å²) in [5, 5.41) is 0. The molecule has 0 fully saturated rings. The van der Waals surface area contributed by atoms with Crippen LogP contribution in [0.15, 0.2) is 49.1 Å². The van der Waals surface area contributed by atoms with Crippen molar-refractivity contribution in [3.8, 4) is 11.5 Å². The fraction of sp³-hybridized carbons (Fsp3) is 0.167. The zero-order valence-corrected chi connectivity index (χ0v) is 11.9. The summed E-state index contributed by atoms with van der Waals surface area (Å²) in [6, 6.07) is 11.2. The van der Waals surface area contributed by atoms with Crippen LogP contribution in [0.4, 0.5) is 0 Å². The summed E-state index contributed by atoms with van der Waals surface area (Å²) in [5.74, 6) is 1.26. The van der Waals surface area contributed by atoms with Crippen molar-refractivity contribution >= 4 is 5.78 Å². The van der Waals surface area contributed by atoms with Gasteiger partial charge in [-0.15, -0.1) is 6.58 Å². The first kappa shape index (κ1) is 13.4. The fourth-order valence-corrected chi connectivity index (χ4v) is 2.57. The Balaban J connectivity index is 2.15. The molecule has 0 aromatic heterocycles. The summed E-state index contributed by atoms with van der Waals surface area (Å²) in [4.78, 5) is 12.7. The first-order valence-electron chi connectivity index (χ1n) is 6.81. The molecule has 0 aliphatic carbocycles. The Bertz CT molecular complexity index is 716. The van der Waals surface area contributed by atoms with E-state index >= 15 is 0 Å². The molecule has 0 saturated heterocycles. The van der Waals surface area contributed by atoms with E-state index in [4.69, 9.17) is 9.47 Å². The van der Waals surface area contributed by atoms with Gasteiger partial charge in [0.05, 0.1) is 12.7 Å². The highest BCUT2D eigenvalue weighted by atomic mass is 16.5. The number of hydrogen-bond donors (Lipinski definition) is 0. The number of carbonyl (C=O) groups excluding carboxylic acids is 1. The highest BCUT2D eigenvalue weighted by Crippen LogP contribution is 2.34. The number of ether oxygens (including phenoxy) is 2. The monoisotopic (exact) mass is 280 g/mol. The number of hydrogen-bond acceptors (Lipinski definition) is 3. The van der Waals surface area contributed by atoms with Crippen LogP contribution in [0, 0.1) is 0 Å². The maximum Gasteiger partial charge on any atom is 0.197 e. The van der Waals surface area contributed by atoms with Gasteiger partial charge in [-0.2, -0.15) is 0 Å². The zero-order valence-electron chi connectivity index (χ0n) is 11.9. The quantitative estimate of drug-likeness (QED) is 0.807. The molecule has 1 heterocycles. The second-order valence-corrected chi connectivity index (χ2v) is 4.93. The van der Waals surface area contributed by atoms with E-state index in [1.807, 2.05) is 30.3 Å². The maximum atomic E-state index is 12.7. The molecule has 1 aliphatic rings. The lowest BCUT2D eigenvalue weighted by atomic mass is 9.97. The molecule has 2 aromatic carbocycles. The summed E-state index contributed by atoms with van der Waals surface area (Å²) >= 11 is 0. The minimum absolute atomic E-state index is 0.0263. The molecule has 0 atom stereocenters. The number of ketones is 1. The lowest BCUT2D eigenvalue weighted by molar-refractivity contribution is 0.103. The molecule has 1 aliphatic heterocycles. The van der Waals surface area contributed by atoms with Gasteiger partial charge < -0.3 is 9.47 Å². The van der Waals surface area contributed by atoms with Gasteiger partial charge in [-0.25, -0.2) is 0 Å². The van der Waals surface area contributed by atoms with Gasteiger partial charge in [0.1, 0.15) is 18.1 Å². The lowest BCUT2D eigenvalue weighted by Gasteiger charge is -2.12. The van der Waals surface area contributed by atoms with Crippen LogP contribution < -0.4 is 9.47 Å². The van der Waals surface area contributed by atoms with Crippen molar-refractivity contribution in [1.82, 2.24) is 0 Å². The lowest BCUT2D eigenvalue weighted by Crippen LogP contribution is -2.04. The maximum absolute atomic E-state index is 12.7. The Labute approximate surface area is 123 Å². The molecule has 0 unspecified atom stereocenters. The molecule has 106 valence electrons. The van der Waals surface area contributed by atoms with Crippen molar-refractivity contribution < 1.29 is 14.3 Å². The normalized spacial score (nSPS) is 12.7. The van der Waals surface area contributed by atoms with Gasteiger partial charge in [-0.1, -0.05) is 30.3 Å². The smallest absolute Gasteiger partial charge is 0.197 e. The van der Waals surface area contributed by atoms with Gasteiger partial charge in [0.25, 0.3) is 0 Å². The number of rotatable bonds is 3. The van der Waals surface area contributed by atoms with E-state index in [0.29, 0.717) is 35.7 Å². The van der Waals surface area contributed by atoms with Crippen LogP contribution in [0.3, 0.4) is 0 Å². The predicted octanol–water partition coefficient (Wildman–Crippen LogP) is 3.55. The number of carbonyl (C=O) groups is 1. The molecule has 3 heteroatoms. The molecule has 3 nitrogen and oxygen atoms in total. The number of fused-ring (bicyclic) bond motifs is 2. The molecule has 0 amide bonds. The van der Waals surface area contributed by atoms with Crippen molar-refractivity contribution in [2.45, 2.75) is 13.0 Å². The summed E-state index contributed by atoms with van der Waals surface area (Å²) in [5.41, 5.74) is 3.10. The standard InChI is InChI=1S/C18H16O3/c1-3-6-12-9-17-15(10-16(12)20-2)18(19)14-8-5-4-7-13(14)11-21-17/h3-5,7-10H,1,6,11H2,2H3. The van der Waals surface area contributed by atoms with Crippen LogP contribution in [-0.4, -0.2) is 12.9 Å². The van der Waals surface area contributed by atoms with Crippen molar-refractivity contribution in [3.05, 3.63) is 71.3 Å². The first-order chi connectivity index (χ1) is 10.2. The summed E-state index contributed by atoms with van der Waals surface area (Å²) in [6.45, 7) is 4.14. The molecule has 21 heavy (non-hydrogen) atoms. The van der Waals surface area contributed by atoms with Gasteiger partial charge in [0.15, 0.2) is 5.78 Å². The number of methoxy groups -OCH3 is 1. The number of allylic oxidation sites excluding steroid dienone is 1. The van der Waals surface area contributed by atoms with E-state index < -0.39 is 0 Å². The third kappa shape index (κ3) is 2.31. The van der Waals surface area contributed by atoms with Crippen LogP contribution in [0.2, 0.25) is 0 Å². The third-order valence-corrected chi connectivity index (χ3v) is 3.64. The molecular formula is C18H16O3. The average Bonchev–Trinajstić information content (AvgIpc) is 2.65. The van der Waals surface area contributed by atoms with E-state index in [1.165, 1.54) is 0 Å². The topological polar surface area (TPSA) is 35.5 Å². The minimum atomic E-state index is -0.0263. The number of benzene rings is 2. The Morgan fingerprint density at radius 1 is 1.29 bits per heavy atom. The van der Waals surface area contributed by atoms with Crippen LogP contribution in [0.5, 0.6) is 11.5 Å². The van der Waals surface area contributed by atoms with Crippen LogP contribution in [0.1, 0.15) is 27.0 Å². The Morgan fingerprint density at radius 2 is 2.10 bits per heavy atom. The van der Waals surface area contributed by atoms with Crippen LogP contribution in [-0.2, 0) is 13.0 Å². The zero-order chi connectivity index (χ0) is 14.8. The van der Waals surface area contributed by atoms with Gasteiger partial charge in [0, 0.05) is 16.7 Å². The van der Waals surface area contributed by atoms with Gasteiger partial charge >= 0.3 is 0 Å². The van der Waals surface area contributed by atoms with Crippen molar-refractivity contribution in [2.75, 3.05) is 7.11 Å². The highest BCUT2D eigenvalue weighted by Gasteiger charge is 2.23. The molecule has 0 N–H and O–H groups in total. The minimum Gasteiger partial charge on any atom is -0.496 e. The predicted molar refractivity (Wildman–Crippen MR) is 81.1 cm³/mol. The Hall–Kier alpha value is -2.55. The van der Waals surface area contributed by atoms with E-state index in [-0.39, 0.29) is 5.78 Å². The van der Waals surface area contributed by atoms with Crippen molar-refractivity contribution in [1.29, 1.82) is 0 Å². The largest absolute Gasteiger partial charge is 0.496 e. The van der Waals surface area contributed by atoms with Crippen molar-refractivity contribution in [2.24, 2.45) is 0 Å². The Kier molecular flexibility index (Phi) is 3.48. The van der Waals surface area contributed by atoms with Gasteiger partial charge in [-0.05, 0) is 18.6 Å². The van der Waals surface area contributed by atoms with E-state index in [9.17, 15) is 4.79 Å². The summed E-state index contributed by atoms with van der Waals surface area (Å²) in [7, 11) is 1.60. The second-order valence-electron chi connectivity index (χ2n) is 4.93. The molecule has 0 saturated carbocycles. The van der Waals surface area contributed by atoms with Crippen molar-refractivity contribution in [3.63, 3.8) is 0 Å².